The lowest BCUT2D eigenvalue weighted by Crippen LogP contribution is -2.29. The molecule has 0 bridgehead atoms. The van der Waals surface area contributed by atoms with Crippen molar-refractivity contribution < 1.29 is 0 Å². The smallest absolute Gasteiger partial charge is 0.0223 e. The summed E-state index contributed by atoms with van der Waals surface area (Å²) in [5, 5.41) is 3.66. The van der Waals surface area contributed by atoms with Gasteiger partial charge in [0.25, 0.3) is 0 Å². The van der Waals surface area contributed by atoms with Gasteiger partial charge in [0.05, 0.1) is 0 Å². The van der Waals surface area contributed by atoms with Gasteiger partial charge in [0.15, 0.2) is 0 Å². The van der Waals surface area contributed by atoms with Crippen molar-refractivity contribution in [1.82, 2.24) is 9.88 Å². The van der Waals surface area contributed by atoms with Crippen LogP contribution in [0.3, 0.4) is 0 Å². The number of rotatable bonds is 7. The summed E-state index contributed by atoms with van der Waals surface area (Å²) in [7, 11) is 0. The molecule has 1 aromatic rings. The molecule has 0 aliphatic carbocycles. The molecule has 0 aliphatic rings. The van der Waals surface area contributed by atoms with Gasteiger partial charge in [-0.1, -0.05) is 27.7 Å². The molecular weight excluding hydrogens is 232 g/mol. The van der Waals surface area contributed by atoms with E-state index in [1.165, 1.54) is 17.0 Å². The van der Waals surface area contributed by atoms with Crippen LogP contribution in [0.2, 0.25) is 0 Å². The molecule has 0 saturated carbocycles. The Morgan fingerprint density at radius 3 is 2.11 bits per heavy atom. The first-order valence-electron chi connectivity index (χ1n) is 7.74. The number of nitrogens with zero attached hydrogens (tertiary/aromatic N) is 1. The van der Waals surface area contributed by atoms with Crippen molar-refractivity contribution in [2.75, 3.05) is 6.54 Å². The predicted octanol–water partition coefficient (Wildman–Crippen LogP) is 4.14. The van der Waals surface area contributed by atoms with Crippen LogP contribution < -0.4 is 5.32 Å². The molecule has 0 aromatic carbocycles. The van der Waals surface area contributed by atoms with Crippen molar-refractivity contribution in [2.24, 2.45) is 17.8 Å². The lowest BCUT2D eigenvalue weighted by molar-refractivity contribution is 0.275. The maximum atomic E-state index is 3.66. The zero-order valence-electron chi connectivity index (χ0n) is 13.9. The second kappa shape index (κ2) is 7.14. The number of aryl methyl sites for hydroxylation is 1. The van der Waals surface area contributed by atoms with Crippen LogP contribution in [0.5, 0.6) is 0 Å². The number of hydrogen-bond acceptors (Lipinski definition) is 1. The fourth-order valence-electron chi connectivity index (χ4n) is 3.15. The van der Waals surface area contributed by atoms with Crippen molar-refractivity contribution in [2.45, 2.75) is 61.6 Å². The molecule has 110 valence electrons. The third-order valence-electron chi connectivity index (χ3n) is 4.40. The SMILES string of the molecule is CCn1c(C)cc(CNCC(C(C)C)C(C)C)c1C. The molecule has 1 heterocycles. The van der Waals surface area contributed by atoms with Crippen LogP contribution in [0.15, 0.2) is 6.07 Å². The fraction of sp³-hybridized carbons (Fsp3) is 0.765. The van der Waals surface area contributed by atoms with E-state index in [1.54, 1.807) is 0 Å². The average Bonchev–Trinajstić information content (AvgIpc) is 2.58. The van der Waals surface area contributed by atoms with E-state index >= 15 is 0 Å². The van der Waals surface area contributed by atoms with Gasteiger partial charge in [0, 0.05) is 24.5 Å². The third-order valence-corrected chi connectivity index (χ3v) is 4.40. The van der Waals surface area contributed by atoms with Crippen LogP contribution in [-0.4, -0.2) is 11.1 Å². The van der Waals surface area contributed by atoms with Gasteiger partial charge in [-0.2, -0.15) is 0 Å². The zero-order chi connectivity index (χ0) is 14.6. The van der Waals surface area contributed by atoms with Crippen LogP contribution >= 0.6 is 0 Å². The third kappa shape index (κ3) is 4.10. The quantitative estimate of drug-likeness (QED) is 0.783. The molecule has 2 heteroatoms. The van der Waals surface area contributed by atoms with Crippen molar-refractivity contribution in [3.8, 4) is 0 Å². The first-order valence-corrected chi connectivity index (χ1v) is 7.74. The zero-order valence-corrected chi connectivity index (χ0v) is 13.9. The van der Waals surface area contributed by atoms with Gasteiger partial charge in [-0.3, -0.25) is 0 Å². The Bertz CT molecular complexity index is 380. The van der Waals surface area contributed by atoms with Crippen molar-refractivity contribution in [3.63, 3.8) is 0 Å². The Morgan fingerprint density at radius 2 is 1.68 bits per heavy atom. The Kier molecular flexibility index (Phi) is 6.12. The molecule has 1 rings (SSSR count). The molecule has 0 amide bonds. The summed E-state index contributed by atoms with van der Waals surface area (Å²) in [5.41, 5.74) is 4.24. The summed E-state index contributed by atoms with van der Waals surface area (Å²) >= 11 is 0. The molecule has 0 spiro atoms. The molecule has 1 aromatic heterocycles. The molecule has 1 N–H and O–H groups in total. The lowest BCUT2D eigenvalue weighted by Gasteiger charge is -2.25. The van der Waals surface area contributed by atoms with Gasteiger partial charge in [0.1, 0.15) is 0 Å². The van der Waals surface area contributed by atoms with Crippen molar-refractivity contribution in [3.05, 3.63) is 23.0 Å². The Balaban J connectivity index is 2.58. The normalized spacial score (nSPS) is 12.1. The molecular formula is C17H32N2. The summed E-state index contributed by atoms with van der Waals surface area (Å²) in [6.45, 7) is 19.1. The standard InChI is InChI=1S/C17H32N2/c1-8-19-14(6)9-16(15(19)7)10-18-11-17(12(2)3)13(4)5/h9,12-13,17-18H,8,10-11H2,1-7H3. The van der Waals surface area contributed by atoms with Crippen LogP contribution in [0.1, 0.15) is 51.6 Å². The first-order chi connectivity index (χ1) is 8.88. The molecule has 0 radical (unpaired) electrons. The van der Waals surface area contributed by atoms with Gasteiger partial charge in [-0.05, 0) is 56.7 Å². The molecule has 2 nitrogen and oxygen atoms in total. The van der Waals surface area contributed by atoms with E-state index in [-0.39, 0.29) is 0 Å². The molecule has 0 unspecified atom stereocenters. The molecule has 19 heavy (non-hydrogen) atoms. The molecule has 0 saturated heterocycles. The van der Waals surface area contributed by atoms with Crippen molar-refractivity contribution >= 4 is 0 Å². The Hall–Kier alpha value is -0.760. The van der Waals surface area contributed by atoms with Gasteiger partial charge in [0.2, 0.25) is 0 Å². The summed E-state index contributed by atoms with van der Waals surface area (Å²) in [6.07, 6.45) is 0. The van der Waals surface area contributed by atoms with E-state index in [4.69, 9.17) is 0 Å². The molecule has 0 atom stereocenters. The van der Waals surface area contributed by atoms with E-state index in [0.29, 0.717) is 0 Å². The average molecular weight is 264 g/mol. The van der Waals surface area contributed by atoms with E-state index < -0.39 is 0 Å². The highest BCUT2D eigenvalue weighted by molar-refractivity contribution is 5.26. The topological polar surface area (TPSA) is 17.0 Å². The van der Waals surface area contributed by atoms with Gasteiger partial charge < -0.3 is 9.88 Å². The van der Waals surface area contributed by atoms with Crippen molar-refractivity contribution in [1.29, 1.82) is 0 Å². The second-order valence-corrected chi connectivity index (χ2v) is 6.42. The highest BCUT2D eigenvalue weighted by Gasteiger charge is 2.17. The minimum atomic E-state index is 0.746. The van der Waals surface area contributed by atoms with Crippen LogP contribution in [0.4, 0.5) is 0 Å². The maximum absolute atomic E-state index is 3.66. The van der Waals surface area contributed by atoms with E-state index in [2.05, 4.69) is 64.4 Å². The number of hydrogen-bond donors (Lipinski definition) is 1. The Labute approximate surface area is 119 Å². The second-order valence-electron chi connectivity index (χ2n) is 6.42. The lowest BCUT2D eigenvalue weighted by atomic mass is 9.85. The number of aromatic nitrogens is 1. The maximum Gasteiger partial charge on any atom is 0.0223 e. The summed E-state index contributed by atoms with van der Waals surface area (Å²) in [4.78, 5) is 0. The largest absolute Gasteiger partial charge is 0.349 e. The minimum absolute atomic E-state index is 0.746. The number of nitrogens with one attached hydrogen (secondary N) is 1. The van der Waals surface area contributed by atoms with Crippen LogP contribution in [0.25, 0.3) is 0 Å². The summed E-state index contributed by atoms with van der Waals surface area (Å²) in [5.74, 6) is 2.25. The predicted molar refractivity (Wildman–Crippen MR) is 84.5 cm³/mol. The van der Waals surface area contributed by atoms with Crippen LogP contribution in [-0.2, 0) is 13.1 Å². The highest BCUT2D eigenvalue weighted by Crippen LogP contribution is 2.20. The van der Waals surface area contributed by atoms with Crippen LogP contribution in [0, 0.1) is 31.6 Å². The summed E-state index contributed by atoms with van der Waals surface area (Å²) in [6, 6.07) is 2.32. The van der Waals surface area contributed by atoms with Gasteiger partial charge >= 0.3 is 0 Å². The fourth-order valence-corrected chi connectivity index (χ4v) is 3.15. The van der Waals surface area contributed by atoms with E-state index in [9.17, 15) is 0 Å². The minimum Gasteiger partial charge on any atom is -0.349 e. The highest BCUT2D eigenvalue weighted by atomic mass is 15.0. The summed E-state index contributed by atoms with van der Waals surface area (Å²) < 4.78 is 2.39. The van der Waals surface area contributed by atoms with Gasteiger partial charge in [-0.25, -0.2) is 0 Å². The molecule has 0 fully saturated rings. The Morgan fingerprint density at radius 1 is 1.11 bits per heavy atom. The first kappa shape index (κ1) is 16.3. The van der Waals surface area contributed by atoms with Gasteiger partial charge in [-0.15, -0.1) is 0 Å². The van der Waals surface area contributed by atoms with E-state index in [1.807, 2.05) is 0 Å². The van der Waals surface area contributed by atoms with E-state index in [0.717, 1.165) is 37.4 Å². The monoisotopic (exact) mass is 264 g/mol. The molecule has 0 aliphatic heterocycles.